The molecule has 1 atom stereocenters. The van der Waals surface area contributed by atoms with Crippen LogP contribution in [0.25, 0.3) is 11.5 Å². The van der Waals surface area contributed by atoms with Gasteiger partial charge in [0.15, 0.2) is 5.82 Å². The van der Waals surface area contributed by atoms with Crippen LogP contribution in [0.2, 0.25) is 0 Å². The third kappa shape index (κ3) is 3.60. The Balaban J connectivity index is 1.51. The SMILES string of the molecule is COc1ccccc1-c1nc(C2CCCN(C(=O)c3ccc(F)cc3)C2)no1. The lowest BCUT2D eigenvalue weighted by Gasteiger charge is -2.31. The smallest absolute Gasteiger partial charge is 0.261 e. The Morgan fingerprint density at radius 2 is 2.00 bits per heavy atom. The average Bonchev–Trinajstić information content (AvgIpc) is 3.24. The van der Waals surface area contributed by atoms with E-state index in [-0.39, 0.29) is 17.6 Å². The molecule has 1 fully saturated rings. The first-order valence-electron chi connectivity index (χ1n) is 9.17. The molecule has 144 valence electrons. The summed E-state index contributed by atoms with van der Waals surface area (Å²) in [5.74, 6) is 1.16. The van der Waals surface area contributed by atoms with Crippen molar-refractivity contribution >= 4 is 5.91 Å². The number of ether oxygens (including phenoxy) is 1. The van der Waals surface area contributed by atoms with Gasteiger partial charge in [-0.15, -0.1) is 0 Å². The number of para-hydroxylation sites is 1. The van der Waals surface area contributed by atoms with Gasteiger partial charge in [0.05, 0.1) is 12.7 Å². The molecule has 1 amide bonds. The second-order valence-corrected chi connectivity index (χ2v) is 6.76. The van der Waals surface area contributed by atoms with Gasteiger partial charge in [0.1, 0.15) is 11.6 Å². The van der Waals surface area contributed by atoms with Crippen LogP contribution in [0.3, 0.4) is 0 Å². The molecule has 0 radical (unpaired) electrons. The van der Waals surface area contributed by atoms with Crippen LogP contribution in [-0.2, 0) is 0 Å². The van der Waals surface area contributed by atoms with Crippen LogP contribution in [-0.4, -0.2) is 41.1 Å². The Hall–Kier alpha value is -3.22. The summed E-state index contributed by atoms with van der Waals surface area (Å²) in [6.45, 7) is 1.16. The molecule has 0 N–H and O–H groups in total. The molecule has 4 rings (SSSR count). The number of piperidine rings is 1. The predicted molar refractivity (Wildman–Crippen MR) is 101 cm³/mol. The van der Waals surface area contributed by atoms with Gasteiger partial charge in [-0.2, -0.15) is 4.98 Å². The van der Waals surface area contributed by atoms with Crippen molar-refractivity contribution < 1.29 is 18.4 Å². The van der Waals surface area contributed by atoms with Gasteiger partial charge in [0.25, 0.3) is 11.8 Å². The van der Waals surface area contributed by atoms with Gasteiger partial charge in [-0.25, -0.2) is 4.39 Å². The molecule has 1 aliphatic rings. The lowest BCUT2D eigenvalue weighted by Crippen LogP contribution is -2.39. The summed E-state index contributed by atoms with van der Waals surface area (Å²) in [6.07, 6.45) is 1.72. The number of benzene rings is 2. The van der Waals surface area contributed by atoms with Crippen LogP contribution in [0.1, 0.15) is 34.9 Å². The van der Waals surface area contributed by atoms with Crippen LogP contribution >= 0.6 is 0 Å². The van der Waals surface area contributed by atoms with E-state index < -0.39 is 0 Å². The second-order valence-electron chi connectivity index (χ2n) is 6.76. The lowest BCUT2D eigenvalue weighted by atomic mass is 9.96. The van der Waals surface area contributed by atoms with Crippen LogP contribution in [0.15, 0.2) is 53.1 Å². The third-order valence-electron chi connectivity index (χ3n) is 4.94. The number of aromatic nitrogens is 2. The highest BCUT2D eigenvalue weighted by atomic mass is 19.1. The standard InChI is InChI=1S/C21H20FN3O3/c1-27-18-7-3-2-6-17(18)20-23-19(24-28-20)15-5-4-12-25(13-15)21(26)14-8-10-16(22)11-9-14/h2-3,6-11,15H,4-5,12-13H2,1H3. The molecule has 28 heavy (non-hydrogen) atoms. The van der Waals surface area contributed by atoms with E-state index >= 15 is 0 Å². The minimum absolute atomic E-state index is 0.00893. The number of methoxy groups -OCH3 is 1. The maximum absolute atomic E-state index is 13.1. The van der Waals surface area contributed by atoms with Crippen molar-refractivity contribution in [3.8, 4) is 17.2 Å². The summed E-state index contributed by atoms with van der Waals surface area (Å²) in [5, 5.41) is 4.14. The molecule has 2 heterocycles. The number of likely N-dealkylation sites (tertiary alicyclic amines) is 1. The van der Waals surface area contributed by atoms with Crippen molar-refractivity contribution in [2.75, 3.05) is 20.2 Å². The van der Waals surface area contributed by atoms with E-state index in [9.17, 15) is 9.18 Å². The molecule has 1 aromatic heterocycles. The fourth-order valence-electron chi connectivity index (χ4n) is 3.48. The van der Waals surface area contributed by atoms with E-state index in [4.69, 9.17) is 9.26 Å². The molecule has 1 aliphatic heterocycles. The summed E-state index contributed by atoms with van der Waals surface area (Å²) in [5.41, 5.74) is 1.21. The summed E-state index contributed by atoms with van der Waals surface area (Å²) >= 11 is 0. The maximum atomic E-state index is 13.1. The molecular weight excluding hydrogens is 361 g/mol. The van der Waals surface area contributed by atoms with Gasteiger partial charge in [-0.05, 0) is 49.2 Å². The van der Waals surface area contributed by atoms with Gasteiger partial charge < -0.3 is 14.2 Å². The molecule has 7 heteroatoms. The Kier molecular flexibility index (Phi) is 5.06. The summed E-state index contributed by atoms with van der Waals surface area (Å²) in [4.78, 5) is 19.0. The number of carbonyl (C=O) groups is 1. The highest BCUT2D eigenvalue weighted by Gasteiger charge is 2.29. The Morgan fingerprint density at radius 1 is 1.21 bits per heavy atom. The molecule has 0 saturated carbocycles. The normalized spacial score (nSPS) is 16.8. The van der Waals surface area contributed by atoms with Crippen LogP contribution < -0.4 is 4.74 Å². The van der Waals surface area contributed by atoms with E-state index in [0.29, 0.717) is 36.1 Å². The molecule has 1 unspecified atom stereocenters. The maximum Gasteiger partial charge on any atom is 0.261 e. The van der Waals surface area contributed by atoms with E-state index in [1.165, 1.54) is 24.3 Å². The van der Waals surface area contributed by atoms with E-state index in [0.717, 1.165) is 18.4 Å². The van der Waals surface area contributed by atoms with Crippen molar-refractivity contribution in [1.82, 2.24) is 15.0 Å². The van der Waals surface area contributed by atoms with E-state index in [1.807, 2.05) is 24.3 Å². The number of hydrogen-bond acceptors (Lipinski definition) is 5. The Bertz CT molecular complexity index is 971. The monoisotopic (exact) mass is 381 g/mol. The van der Waals surface area contributed by atoms with Gasteiger partial charge >= 0.3 is 0 Å². The van der Waals surface area contributed by atoms with Gasteiger partial charge in [0.2, 0.25) is 0 Å². The Labute approximate surface area is 161 Å². The average molecular weight is 381 g/mol. The zero-order chi connectivity index (χ0) is 19.5. The Morgan fingerprint density at radius 3 is 2.79 bits per heavy atom. The number of carbonyl (C=O) groups excluding carboxylic acids is 1. The zero-order valence-corrected chi connectivity index (χ0v) is 15.5. The van der Waals surface area contributed by atoms with Gasteiger partial charge in [-0.1, -0.05) is 17.3 Å². The predicted octanol–water partition coefficient (Wildman–Crippen LogP) is 3.90. The molecule has 3 aromatic rings. The number of amides is 1. The van der Waals surface area contributed by atoms with Crippen LogP contribution in [0.4, 0.5) is 4.39 Å². The van der Waals surface area contributed by atoms with Crippen LogP contribution in [0.5, 0.6) is 5.75 Å². The summed E-state index contributed by atoms with van der Waals surface area (Å²) < 4.78 is 23.9. The highest BCUT2D eigenvalue weighted by molar-refractivity contribution is 5.94. The van der Waals surface area contributed by atoms with Crippen molar-refractivity contribution in [3.63, 3.8) is 0 Å². The highest BCUT2D eigenvalue weighted by Crippen LogP contribution is 2.31. The molecule has 0 aliphatic carbocycles. The summed E-state index contributed by atoms with van der Waals surface area (Å²) in [7, 11) is 1.59. The number of halogens is 1. The third-order valence-corrected chi connectivity index (χ3v) is 4.94. The molecule has 0 spiro atoms. The number of nitrogens with zero attached hydrogens (tertiary/aromatic N) is 3. The quantitative estimate of drug-likeness (QED) is 0.686. The largest absolute Gasteiger partial charge is 0.496 e. The molecular formula is C21H20FN3O3. The summed E-state index contributed by atoms with van der Waals surface area (Å²) in [6, 6.07) is 13.1. The van der Waals surface area contributed by atoms with Crippen molar-refractivity contribution in [2.45, 2.75) is 18.8 Å². The number of rotatable bonds is 4. The number of hydrogen-bond donors (Lipinski definition) is 0. The van der Waals surface area contributed by atoms with Crippen molar-refractivity contribution in [2.24, 2.45) is 0 Å². The topological polar surface area (TPSA) is 68.5 Å². The minimum atomic E-state index is -0.358. The van der Waals surface area contributed by atoms with Crippen LogP contribution in [0, 0.1) is 5.82 Å². The first-order valence-corrected chi connectivity index (χ1v) is 9.17. The molecule has 2 aromatic carbocycles. The molecule has 0 bridgehead atoms. The van der Waals surface area contributed by atoms with Crippen molar-refractivity contribution in [3.05, 3.63) is 65.7 Å². The first-order chi connectivity index (χ1) is 13.7. The second kappa shape index (κ2) is 7.80. The lowest BCUT2D eigenvalue weighted by molar-refractivity contribution is 0.0703. The zero-order valence-electron chi connectivity index (χ0n) is 15.5. The fraction of sp³-hybridized carbons (Fsp3) is 0.286. The molecule has 6 nitrogen and oxygen atoms in total. The van der Waals surface area contributed by atoms with Gasteiger partial charge in [0, 0.05) is 24.6 Å². The van der Waals surface area contributed by atoms with Gasteiger partial charge in [-0.3, -0.25) is 4.79 Å². The van der Waals surface area contributed by atoms with Crippen molar-refractivity contribution in [1.29, 1.82) is 0 Å². The first kappa shape index (κ1) is 18.2. The fourth-order valence-corrected chi connectivity index (χ4v) is 3.48. The minimum Gasteiger partial charge on any atom is -0.496 e. The molecule has 1 saturated heterocycles. The van der Waals surface area contributed by atoms with E-state index in [2.05, 4.69) is 10.1 Å². The van der Waals surface area contributed by atoms with E-state index in [1.54, 1.807) is 12.0 Å².